The summed E-state index contributed by atoms with van der Waals surface area (Å²) in [6, 6.07) is 1.86. The summed E-state index contributed by atoms with van der Waals surface area (Å²) in [5.41, 5.74) is -0.140. The molecule has 1 saturated heterocycles. The quantitative estimate of drug-likeness (QED) is 0.829. The molecule has 1 fully saturated rings. The van der Waals surface area contributed by atoms with E-state index in [1.54, 1.807) is 0 Å². The Morgan fingerprint density at radius 1 is 1.23 bits per heavy atom. The second-order valence-electron chi connectivity index (χ2n) is 6.70. The molecule has 0 radical (unpaired) electrons. The number of rotatable bonds is 5. The normalized spacial score (nSPS) is 20.5. The van der Waals surface area contributed by atoms with E-state index >= 15 is 0 Å². The summed E-state index contributed by atoms with van der Waals surface area (Å²) in [5, 5.41) is 5.35. The van der Waals surface area contributed by atoms with Crippen molar-refractivity contribution in [2.24, 2.45) is 5.14 Å². The zero-order valence-corrected chi connectivity index (χ0v) is 15.4. The molecule has 2 rings (SSSR count). The van der Waals surface area contributed by atoms with Gasteiger partial charge >= 0.3 is 7.12 Å². The molecule has 124 valence electrons. The van der Waals surface area contributed by atoms with E-state index in [1.165, 1.54) is 0 Å². The SMILES string of the molecule is CCCCc1cc(B2OC(C)(C)C(C)(C)O2)sc1S(N)(=O)=O. The summed E-state index contributed by atoms with van der Waals surface area (Å²) in [7, 11) is -4.27. The highest BCUT2D eigenvalue weighted by Crippen LogP contribution is 2.37. The van der Waals surface area contributed by atoms with E-state index < -0.39 is 28.3 Å². The molecule has 0 aliphatic carbocycles. The summed E-state index contributed by atoms with van der Waals surface area (Å²) < 4.78 is 36.6. The standard InChI is InChI=1S/C14H24BNO4S2/c1-6-7-8-10-9-11(21-12(10)22(16,17)18)15-19-13(2,3)14(4,5)20-15/h9H,6-8H2,1-5H3,(H2,16,17,18). The third-order valence-electron chi connectivity index (χ3n) is 4.33. The van der Waals surface area contributed by atoms with Crippen LogP contribution in [0.4, 0.5) is 0 Å². The molecule has 0 aromatic carbocycles. The van der Waals surface area contributed by atoms with Crippen LogP contribution >= 0.6 is 11.3 Å². The molecule has 8 heteroatoms. The van der Waals surface area contributed by atoms with E-state index in [0.717, 1.165) is 34.5 Å². The molecule has 2 N–H and O–H groups in total. The molecule has 1 aliphatic rings. The molecule has 0 unspecified atom stereocenters. The number of unbranched alkanes of at least 4 members (excludes halogenated alkanes) is 1. The number of hydrogen-bond acceptors (Lipinski definition) is 5. The summed E-state index contributed by atoms with van der Waals surface area (Å²) in [6.45, 7) is 9.95. The Hall–Kier alpha value is -0.405. The molecule has 0 atom stereocenters. The number of thiophene rings is 1. The van der Waals surface area contributed by atoms with Crippen LogP contribution in [0.3, 0.4) is 0 Å². The van der Waals surface area contributed by atoms with Gasteiger partial charge in [-0.25, -0.2) is 13.6 Å². The van der Waals surface area contributed by atoms with Gasteiger partial charge < -0.3 is 9.31 Å². The molecule has 0 bridgehead atoms. The van der Waals surface area contributed by atoms with E-state index in [1.807, 2.05) is 33.8 Å². The zero-order chi connectivity index (χ0) is 16.8. The Morgan fingerprint density at radius 3 is 2.23 bits per heavy atom. The molecule has 5 nitrogen and oxygen atoms in total. The maximum absolute atomic E-state index is 11.8. The predicted molar refractivity (Wildman–Crippen MR) is 90.0 cm³/mol. The highest BCUT2D eigenvalue weighted by molar-refractivity contribution is 7.91. The van der Waals surface area contributed by atoms with Crippen molar-refractivity contribution >= 4 is 33.3 Å². The first-order chi connectivity index (χ1) is 9.98. The number of primary sulfonamides is 1. The number of aryl methyl sites for hydroxylation is 1. The van der Waals surface area contributed by atoms with Gasteiger partial charge in [-0.05, 0) is 52.2 Å². The van der Waals surface area contributed by atoms with Gasteiger partial charge in [0, 0.05) is 4.78 Å². The Bertz CT molecular complexity index is 636. The van der Waals surface area contributed by atoms with Gasteiger partial charge in [-0.3, -0.25) is 0 Å². The first-order valence-corrected chi connectivity index (χ1v) is 9.85. The van der Waals surface area contributed by atoms with Crippen LogP contribution in [0.25, 0.3) is 0 Å². The maximum atomic E-state index is 11.8. The van der Waals surface area contributed by atoms with Crippen LogP contribution in [0.1, 0.15) is 53.0 Å². The monoisotopic (exact) mass is 345 g/mol. The molecular weight excluding hydrogens is 321 g/mol. The first kappa shape index (κ1) is 17.9. The van der Waals surface area contributed by atoms with E-state index in [0.29, 0.717) is 6.42 Å². The Kier molecular flexibility index (Phi) is 4.82. The lowest BCUT2D eigenvalue weighted by molar-refractivity contribution is 0.00578. The molecule has 1 aromatic heterocycles. The molecule has 22 heavy (non-hydrogen) atoms. The largest absolute Gasteiger partial charge is 0.505 e. The number of nitrogens with two attached hydrogens (primary N) is 1. The smallest absolute Gasteiger partial charge is 0.399 e. The highest BCUT2D eigenvalue weighted by Gasteiger charge is 2.52. The van der Waals surface area contributed by atoms with E-state index in [4.69, 9.17) is 14.4 Å². The third kappa shape index (κ3) is 3.41. The second-order valence-corrected chi connectivity index (χ2v) is 9.54. The molecule has 2 heterocycles. The van der Waals surface area contributed by atoms with Crippen molar-refractivity contribution in [1.82, 2.24) is 0 Å². The molecule has 0 amide bonds. The Balaban J connectivity index is 2.36. The van der Waals surface area contributed by atoms with Gasteiger partial charge in [0.15, 0.2) is 0 Å². The fourth-order valence-corrected chi connectivity index (χ4v) is 4.47. The van der Waals surface area contributed by atoms with Gasteiger partial charge in [0.25, 0.3) is 0 Å². The Morgan fingerprint density at radius 2 is 1.77 bits per heavy atom. The van der Waals surface area contributed by atoms with Crippen LogP contribution in [0.15, 0.2) is 10.3 Å². The fraction of sp³-hybridized carbons (Fsp3) is 0.714. The van der Waals surface area contributed by atoms with Crippen LogP contribution in [0, 0.1) is 0 Å². The molecule has 1 aromatic rings. The van der Waals surface area contributed by atoms with E-state index in [2.05, 4.69) is 6.92 Å². The van der Waals surface area contributed by atoms with Crippen LogP contribution in [-0.2, 0) is 25.8 Å². The minimum absolute atomic E-state index is 0.227. The fourth-order valence-electron chi connectivity index (χ4n) is 2.29. The van der Waals surface area contributed by atoms with Crippen molar-refractivity contribution in [3.63, 3.8) is 0 Å². The summed E-state index contributed by atoms with van der Waals surface area (Å²) in [5.74, 6) is 0. The minimum atomic E-state index is -3.72. The van der Waals surface area contributed by atoms with Gasteiger partial charge in [0.2, 0.25) is 10.0 Å². The van der Waals surface area contributed by atoms with E-state index in [9.17, 15) is 8.42 Å². The van der Waals surface area contributed by atoms with Crippen LogP contribution in [0.2, 0.25) is 0 Å². The lowest BCUT2D eigenvalue weighted by Crippen LogP contribution is -2.41. The summed E-state index contributed by atoms with van der Waals surface area (Å²) >= 11 is 1.15. The van der Waals surface area contributed by atoms with Crippen LogP contribution in [0.5, 0.6) is 0 Å². The number of hydrogen-bond donors (Lipinski definition) is 1. The average molecular weight is 345 g/mol. The van der Waals surface area contributed by atoms with Gasteiger partial charge in [0.1, 0.15) is 4.21 Å². The van der Waals surface area contributed by atoms with Crippen molar-refractivity contribution in [2.75, 3.05) is 0 Å². The van der Waals surface area contributed by atoms with Crippen molar-refractivity contribution in [3.05, 3.63) is 11.6 Å². The Labute approximate surface area is 137 Å². The van der Waals surface area contributed by atoms with Crippen molar-refractivity contribution < 1.29 is 17.7 Å². The molecular formula is C14H24BNO4S2. The van der Waals surface area contributed by atoms with Gasteiger partial charge in [-0.15, -0.1) is 11.3 Å². The van der Waals surface area contributed by atoms with Crippen molar-refractivity contribution in [3.8, 4) is 0 Å². The summed E-state index contributed by atoms with van der Waals surface area (Å²) in [4.78, 5) is 0. The van der Waals surface area contributed by atoms with Crippen LogP contribution < -0.4 is 9.92 Å². The van der Waals surface area contributed by atoms with Gasteiger partial charge in [0.05, 0.1) is 11.2 Å². The second kappa shape index (κ2) is 5.90. The molecule has 1 aliphatic heterocycles. The zero-order valence-electron chi connectivity index (χ0n) is 13.8. The average Bonchev–Trinajstić information content (AvgIpc) is 2.86. The van der Waals surface area contributed by atoms with Crippen LogP contribution in [-0.4, -0.2) is 26.7 Å². The molecule has 0 saturated carbocycles. The highest BCUT2D eigenvalue weighted by atomic mass is 32.2. The van der Waals surface area contributed by atoms with E-state index in [-0.39, 0.29) is 4.21 Å². The lowest BCUT2D eigenvalue weighted by Gasteiger charge is -2.32. The maximum Gasteiger partial charge on any atom is 0.505 e. The topological polar surface area (TPSA) is 78.6 Å². The lowest BCUT2D eigenvalue weighted by atomic mass is 9.87. The molecule has 0 spiro atoms. The first-order valence-electron chi connectivity index (χ1n) is 7.49. The predicted octanol–water partition coefficient (Wildman–Crippen LogP) is 2.04. The summed E-state index contributed by atoms with van der Waals surface area (Å²) in [6.07, 6.45) is 2.60. The van der Waals surface area contributed by atoms with Gasteiger partial charge in [-0.1, -0.05) is 13.3 Å². The number of sulfonamides is 1. The van der Waals surface area contributed by atoms with Gasteiger partial charge in [-0.2, -0.15) is 0 Å². The third-order valence-corrected chi connectivity index (χ3v) is 7.05. The van der Waals surface area contributed by atoms with Crippen molar-refractivity contribution in [1.29, 1.82) is 0 Å². The minimum Gasteiger partial charge on any atom is -0.399 e. The van der Waals surface area contributed by atoms with Crippen molar-refractivity contribution in [2.45, 2.75) is 69.3 Å².